The molecule has 0 unspecified atom stereocenters. The zero-order chi connectivity index (χ0) is 15.6. The fraction of sp³-hybridized carbons (Fsp3) is 0.250. The molecule has 0 aliphatic heterocycles. The molecule has 0 radical (unpaired) electrons. The number of benzene rings is 1. The van der Waals surface area contributed by atoms with Crippen molar-refractivity contribution in [3.05, 3.63) is 29.7 Å². The fourth-order valence-corrected chi connectivity index (χ4v) is 3.15. The Kier molecular flexibility index (Phi) is 4.29. The largest absolute Gasteiger partial charge is 0.497 e. The normalized spacial score (nSPS) is 11.2. The molecule has 0 amide bonds. The highest BCUT2D eigenvalue weighted by Gasteiger charge is 2.23. The van der Waals surface area contributed by atoms with Crippen LogP contribution in [0.1, 0.15) is 0 Å². The summed E-state index contributed by atoms with van der Waals surface area (Å²) in [6, 6.07) is 4.71. The lowest BCUT2D eigenvalue weighted by molar-refractivity contribution is 0.395. The zero-order valence-electron chi connectivity index (χ0n) is 11.6. The molecule has 0 saturated carbocycles. The van der Waals surface area contributed by atoms with Crippen LogP contribution in [0.2, 0.25) is 5.15 Å². The van der Waals surface area contributed by atoms with Gasteiger partial charge < -0.3 is 14.0 Å². The molecule has 0 saturated heterocycles. The molecule has 2 aromatic rings. The predicted octanol–water partition coefficient (Wildman–Crippen LogP) is 1.89. The number of anilines is 1. The first-order valence-corrected chi connectivity index (χ1v) is 7.67. The Labute approximate surface area is 127 Å². The number of aromatic nitrogens is 2. The Morgan fingerprint density at radius 3 is 2.52 bits per heavy atom. The molecule has 0 atom stereocenters. The van der Waals surface area contributed by atoms with Gasteiger partial charge in [0, 0.05) is 13.1 Å². The Hall–Kier alpha value is -1.93. The number of aryl methyl sites for hydroxylation is 1. The minimum Gasteiger partial charge on any atom is -0.497 e. The molecule has 1 aromatic carbocycles. The van der Waals surface area contributed by atoms with E-state index in [4.69, 9.17) is 21.1 Å². The fourth-order valence-electron chi connectivity index (χ4n) is 1.65. The number of hydrogen-bond acceptors (Lipinski definition) is 5. The number of imidazole rings is 1. The van der Waals surface area contributed by atoms with E-state index < -0.39 is 10.0 Å². The number of ether oxygens (including phenoxy) is 2. The van der Waals surface area contributed by atoms with E-state index in [0.29, 0.717) is 11.5 Å². The van der Waals surface area contributed by atoms with Crippen molar-refractivity contribution in [2.45, 2.75) is 5.03 Å². The van der Waals surface area contributed by atoms with Gasteiger partial charge in [-0.2, -0.15) is 8.42 Å². The summed E-state index contributed by atoms with van der Waals surface area (Å²) in [6.07, 6.45) is 1.32. The average molecular weight is 332 g/mol. The molecule has 21 heavy (non-hydrogen) atoms. The highest BCUT2D eigenvalue weighted by molar-refractivity contribution is 7.92. The summed E-state index contributed by atoms with van der Waals surface area (Å²) in [5, 5.41) is -0.223. The van der Waals surface area contributed by atoms with Gasteiger partial charge >= 0.3 is 0 Å². The third-order valence-electron chi connectivity index (χ3n) is 2.74. The topological polar surface area (TPSA) is 82.5 Å². The maximum atomic E-state index is 12.3. The number of rotatable bonds is 5. The summed E-state index contributed by atoms with van der Waals surface area (Å²) in [4.78, 5) is 3.79. The quantitative estimate of drug-likeness (QED) is 0.904. The van der Waals surface area contributed by atoms with E-state index in [0.717, 1.165) is 0 Å². The molecule has 0 bridgehead atoms. The monoisotopic (exact) mass is 331 g/mol. The van der Waals surface area contributed by atoms with Crippen LogP contribution < -0.4 is 14.2 Å². The van der Waals surface area contributed by atoms with E-state index in [1.165, 1.54) is 31.2 Å². The second-order valence-corrected chi connectivity index (χ2v) is 6.08. The number of methoxy groups -OCH3 is 2. The predicted molar refractivity (Wildman–Crippen MR) is 78.6 cm³/mol. The molecule has 1 N–H and O–H groups in total. The standard InChI is InChI=1S/C12H14ClN3O4S/c1-16-7-14-12(11(16)13)21(17,18)15-9-5-4-8(19-2)6-10(9)20-3/h4-7,15H,1-3H3. The van der Waals surface area contributed by atoms with Crippen LogP contribution in [0.5, 0.6) is 11.5 Å². The lowest BCUT2D eigenvalue weighted by atomic mass is 10.3. The summed E-state index contributed by atoms with van der Waals surface area (Å²) in [5.41, 5.74) is 0.264. The molecule has 7 nitrogen and oxygen atoms in total. The molecule has 1 heterocycles. The zero-order valence-corrected chi connectivity index (χ0v) is 13.2. The van der Waals surface area contributed by atoms with Crippen molar-refractivity contribution >= 4 is 27.3 Å². The molecule has 1 aromatic heterocycles. The lowest BCUT2D eigenvalue weighted by Crippen LogP contribution is -2.14. The van der Waals surface area contributed by atoms with Crippen molar-refractivity contribution in [3.63, 3.8) is 0 Å². The molecule has 114 valence electrons. The van der Waals surface area contributed by atoms with Crippen molar-refractivity contribution in [2.24, 2.45) is 7.05 Å². The second kappa shape index (κ2) is 5.82. The minimum atomic E-state index is -3.91. The molecule has 2 rings (SSSR count). The maximum Gasteiger partial charge on any atom is 0.282 e. The highest BCUT2D eigenvalue weighted by atomic mass is 35.5. The second-order valence-electron chi connectivity index (χ2n) is 4.12. The van der Waals surface area contributed by atoms with Gasteiger partial charge in [-0.3, -0.25) is 4.72 Å². The average Bonchev–Trinajstić information content (AvgIpc) is 2.79. The van der Waals surface area contributed by atoms with Crippen LogP contribution in [0.25, 0.3) is 0 Å². The van der Waals surface area contributed by atoms with E-state index in [1.54, 1.807) is 19.2 Å². The molecule has 0 aliphatic carbocycles. The molecule has 0 aliphatic rings. The van der Waals surface area contributed by atoms with Crippen molar-refractivity contribution < 1.29 is 17.9 Å². The summed E-state index contributed by atoms with van der Waals surface area (Å²) in [7, 11) is 0.627. The van der Waals surface area contributed by atoms with Crippen molar-refractivity contribution in [1.29, 1.82) is 0 Å². The molecule has 9 heteroatoms. The number of hydrogen-bond donors (Lipinski definition) is 1. The van der Waals surface area contributed by atoms with Crippen LogP contribution in [-0.4, -0.2) is 32.2 Å². The maximum absolute atomic E-state index is 12.3. The van der Waals surface area contributed by atoms with Crippen molar-refractivity contribution in [2.75, 3.05) is 18.9 Å². The van der Waals surface area contributed by atoms with Gasteiger partial charge in [0.2, 0.25) is 5.03 Å². The molecular weight excluding hydrogens is 318 g/mol. The van der Waals surface area contributed by atoms with Crippen molar-refractivity contribution in [3.8, 4) is 11.5 Å². The number of sulfonamides is 1. The molecular formula is C12H14ClN3O4S. The van der Waals surface area contributed by atoms with Crippen LogP contribution in [-0.2, 0) is 17.1 Å². The van der Waals surface area contributed by atoms with Crippen LogP contribution in [0.3, 0.4) is 0 Å². The van der Waals surface area contributed by atoms with Crippen molar-refractivity contribution in [1.82, 2.24) is 9.55 Å². The van der Waals surface area contributed by atoms with Gasteiger partial charge in [-0.25, -0.2) is 4.98 Å². The minimum absolute atomic E-state index is 0.0231. The van der Waals surface area contributed by atoms with Crippen LogP contribution in [0, 0.1) is 0 Å². The SMILES string of the molecule is COc1ccc(NS(=O)(=O)c2ncn(C)c2Cl)c(OC)c1. The van der Waals surface area contributed by atoms with E-state index in [9.17, 15) is 8.42 Å². The number of nitrogens with zero attached hydrogens (tertiary/aromatic N) is 2. The third-order valence-corrected chi connectivity index (χ3v) is 4.60. The van der Waals surface area contributed by atoms with Crippen LogP contribution in [0.4, 0.5) is 5.69 Å². The Morgan fingerprint density at radius 1 is 1.29 bits per heavy atom. The van der Waals surface area contributed by atoms with Gasteiger partial charge in [0.25, 0.3) is 10.0 Å². The van der Waals surface area contributed by atoms with Gasteiger partial charge in [-0.1, -0.05) is 11.6 Å². The highest BCUT2D eigenvalue weighted by Crippen LogP contribution is 2.31. The number of nitrogens with one attached hydrogen (secondary N) is 1. The van der Waals surface area contributed by atoms with E-state index >= 15 is 0 Å². The molecule has 0 spiro atoms. The summed E-state index contributed by atoms with van der Waals surface area (Å²) >= 11 is 5.91. The van der Waals surface area contributed by atoms with E-state index in [1.807, 2.05) is 0 Å². The Morgan fingerprint density at radius 2 is 2.00 bits per heavy atom. The summed E-state index contributed by atoms with van der Waals surface area (Å²) in [5.74, 6) is 0.871. The first kappa shape index (κ1) is 15.5. The Balaban J connectivity index is 2.39. The first-order chi connectivity index (χ1) is 9.89. The van der Waals surface area contributed by atoms with Crippen LogP contribution >= 0.6 is 11.6 Å². The van der Waals surface area contributed by atoms with Gasteiger partial charge in [0.15, 0.2) is 0 Å². The first-order valence-electron chi connectivity index (χ1n) is 5.80. The van der Waals surface area contributed by atoms with Gasteiger partial charge in [0.1, 0.15) is 16.7 Å². The molecule has 0 fully saturated rings. The number of halogens is 1. The van der Waals surface area contributed by atoms with Crippen LogP contribution in [0.15, 0.2) is 29.6 Å². The van der Waals surface area contributed by atoms with Gasteiger partial charge in [0.05, 0.1) is 26.2 Å². The third kappa shape index (κ3) is 3.06. The smallest absolute Gasteiger partial charge is 0.282 e. The van der Waals surface area contributed by atoms with E-state index in [2.05, 4.69) is 9.71 Å². The van der Waals surface area contributed by atoms with Gasteiger partial charge in [-0.05, 0) is 12.1 Å². The van der Waals surface area contributed by atoms with Gasteiger partial charge in [-0.15, -0.1) is 0 Å². The lowest BCUT2D eigenvalue weighted by Gasteiger charge is -2.12. The summed E-state index contributed by atoms with van der Waals surface area (Å²) in [6.45, 7) is 0. The Bertz CT molecular complexity index is 758. The van der Waals surface area contributed by atoms with E-state index in [-0.39, 0.29) is 15.9 Å². The summed E-state index contributed by atoms with van der Waals surface area (Å²) < 4.78 is 38.6.